The summed E-state index contributed by atoms with van der Waals surface area (Å²) in [5.74, 6) is -2.17. The minimum atomic E-state index is -4.56. The fourth-order valence-electron chi connectivity index (χ4n) is 1.01. The normalized spacial score (nSPS) is 10.8. The van der Waals surface area contributed by atoms with Gasteiger partial charge >= 0.3 is 18.1 Å². The van der Waals surface area contributed by atoms with Crippen LogP contribution >= 0.6 is 0 Å². The molecular weight excluding hydrogens is 237 g/mol. The van der Waals surface area contributed by atoms with Gasteiger partial charge in [-0.3, -0.25) is 0 Å². The third kappa shape index (κ3) is 3.44. The van der Waals surface area contributed by atoms with Crippen molar-refractivity contribution in [3.8, 4) is 0 Å². The number of esters is 2. The van der Waals surface area contributed by atoms with Crippen LogP contribution in [0.25, 0.3) is 0 Å². The molecule has 0 atom stereocenters. The molecule has 0 aliphatic rings. The number of ether oxygens (including phenoxy) is 1. The molecule has 0 saturated carbocycles. The summed E-state index contributed by atoms with van der Waals surface area (Å²) in [4.78, 5) is 21.9. The van der Waals surface area contributed by atoms with E-state index in [2.05, 4.69) is 11.3 Å². The van der Waals surface area contributed by atoms with Crippen LogP contribution in [0.1, 0.15) is 15.9 Å². The lowest BCUT2D eigenvalue weighted by Crippen LogP contribution is -2.12. The number of benzene rings is 1. The quantitative estimate of drug-likeness (QED) is 0.456. The van der Waals surface area contributed by atoms with E-state index < -0.39 is 23.7 Å². The minimum absolute atomic E-state index is 0.352. The summed E-state index contributed by atoms with van der Waals surface area (Å²) < 4.78 is 41.2. The van der Waals surface area contributed by atoms with Crippen molar-refractivity contribution >= 4 is 11.9 Å². The predicted molar refractivity (Wildman–Crippen MR) is 52.1 cm³/mol. The monoisotopic (exact) mass is 244 g/mol. The maximum absolute atomic E-state index is 12.3. The molecule has 0 fully saturated rings. The fraction of sp³-hybridized carbons (Fsp3) is 0.0909. The first-order chi connectivity index (χ1) is 7.84. The standard InChI is InChI=1S/C11H7F3O3/c1-2-9(15)17-10(16)7-4-3-5-8(6-7)11(12,13)14/h2-6H,1H2. The molecule has 0 bridgehead atoms. The highest BCUT2D eigenvalue weighted by molar-refractivity contribution is 5.99. The molecule has 1 aromatic carbocycles. The van der Waals surface area contributed by atoms with Gasteiger partial charge in [0.2, 0.25) is 0 Å². The van der Waals surface area contributed by atoms with Gasteiger partial charge in [-0.15, -0.1) is 0 Å². The van der Waals surface area contributed by atoms with Gasteiger partial charge in [-0.2, -0.15) is 13.2 Å². The number of hydrogen-bond donors (Lipinski definition) is 0. The second-order valence-electron chi connectivity index (χ2n) is 2.99. The molecule has 0 spiro atoms. The van der Waals surface area contributed by atoms with E-state index in [1.165, 1.54) is 0 Å². The maximum Gasteiger partial charge on any atom is 0.416 e. The molecule has 0 aromatic heterocycles. The smallest absolute Gasteiger partial charge is 0.386 e. The molecular formula is C11H7F3O3. The number of carbonyl (C=O) groups is 2. The summed E-state index contributed by atoms with van der Waals surface area (Å²) in [5, 5.41) is 0. The molecule has 0 aliphatic heterocycles. The summed E-state index contributed by atoms with van der Waals surface area (Å²) in [6.07, 6.45) is -3.82. The van der Waals surface area contributed by atoms with Crippen molar-refractivity contribution in [3.05, 3.63) is 48.0 Å². The highest BCUT2D eigenvalue weighted by Crippen LogP contribution is 2.29. The second-order valence-corrected chi connectivity index (χ2v) is 2.99. The molecule has 17 heavy (non-hydrogen) atoms. The molecule has 1 aromatic rings. The Morgan fingerprint density at radius 1 is 1.29 bits per heavy atom. The highest BCUT2D eigenvalue weighted by atomic mass is 19.4. The van der Waals surface area contributed by atoms with E-state index in [9.17, 15) is 22.8 Å². The zero-order valence-electron chi connectivity index (χ0n) is 8.45. The molecule has 6 heteroatoms. The lowest BCUT2D eigenvalue weighted by molar-refractivity contribution is -0.137. The van der Waals surface area contributed by atoms with Crippen LogP contribution in [0.2, 0.25) is 0 Å². The number of carbonyl (C=O) groups excluding carboxylic acids is 2. The van der Waals surface area contributed by atoms with E-state index in [0.717, 1.165) is 24.3 Å². The van der Waals surface area contributed by atoms with Crippen molar-refractivity contribution in [2.24, 2.45) is 0 Å². The van der Waals surface area contributed by atoms with E-state index in [1.807, 2.05) is 0 Å². The van der Waals surface area contributed by atoms with Gasteiger partial charge in [-0.05, 0) is 18.2 Å². The van der Waals surface area contributed by atoms with Gasteiger partial charge in [-0.25, -0.2) is 9.59 Å². The van der Waals surface area contributed by atoms with Crippen LogP contribution in [0.5, 0.6) is 0 Å². The van der Waals surface area contributed by atoms with E-state index in [4.69, 9.17) is 0 Å². The van der Waals surface area contributed by atoms with E-state index in [1.54, 1.807) is 0 Å². The zero-order chi connectivity index (χ0) is 13.1. The van der Waals surface area contributed by atoms with E-state index in [-0.39, 0.29) is 5.56 Å². The van der Waals surface area contributed by atoms with E-state index >= 15 is 0 Å². The first-order valence-corrected chi connectivity index (χ1v) is 4.40. The molecule has 3 nitrogen and oxygen atoms in total. The lowest BCUT2D eigenvalue weighted by atomic mass is 10.1. The number of alkyl halides is 3. The van der Waals surface area contributed by atoms with E-state index in [0.29, 0.717) is 6.07 Å². The van der Waals surface area contributed by atoms with Crippen LogP contribution in [0.15, 0.2) is 36.9 Å². The van der Waals surface area contributed by atoms with Gasteiger partial charge in [0.15, 0.2) is 0 Å². The Kier molecular flexibility index (Phi) is 3.67. The number of hydrogen-bond acceptors (Lipinski definition) is 3. The Morgan fingerprint density at radius 3 is 2.47 bits per heavy atom. The molecule has 0 radical (unpaired) electrons. The van der Waals surface area contributed by atoms with Crippen LogP contribution in [-0.4, -0.2) is 11.9 Å². The summed E-state index contributed by atoms with van der Waals surface area (Å²) in [6.45, 7) is 3.06. The van der Waals surface area contributed by atoms with Crippen molar-refractivity contribution in [2.45, 2.75) is 6.18 Å². The molecule has 90 valence electrons. The summed E-state index contributed by atoms with van der Waals surface area (Å²) >= 11 is 0. The second kappa shape index (κ2) is 4.82. The topological polar surface area (TPSA) is 43.4 Å². The van der Waals surface area contributed by atoms with Crippen LogP contribution in [-0.2, 0) is 15.7 Å². The fourth-order valence-corrected chi connectivity index (χ4v) is 1.01. The predicted octanol–water partition coefficient (Wildman–Crippen LogP) is 2.57. The average molecular weight is 244 g/mol. The van der Waals surface area contributed by atoms with Gasteiger partial charge in [0.25, 0.3) is 0 Å². The first kappa shape index (κ1) is 13.0. The third-order valence-electron chi connectivity index (χ3n) is 1.79. The van der Waals surface area contributed by atoms with Crippen molar-refractivity contribution in [3.63, 3.8) is 0 Å². The molecule has 0 heterocycles. The zero-order valence-corrected chi connectivity index (χ0v) is 8.45. The number of rotatable bonds is 2. The van der Waals surface area contributed by atoms with Crippen LogP contribution in [0.4, 0.5) is 13.2 Å². The summed E-state index contributed by atoms with van der Waals surface area (Å²) in [7, 11) is 0. The highest BCUT2D eigenvalue weighted by Gasteiger charge is 2.31. The van der Waals surface area contributed by atoms with Crippen LogP contribution in [0.3, 0.4) is 0 Å². The Labute approximate surface area is 94.5 Å². The molecule has 1 rings (SSSR count). The Hall–Kier alpha value is -2.11. The molecule has 0 aliphatic carbocycles. The molecule has 0 saturated heterocycles. The van der Waals surface area contributed by atoms with Gasteiger partial charge < -0.3 is 4.74 Å². The SMILES string of the molecule is C=CC(=O)OC(=O)c1cccc(C(F)(F)F)c1. The van der Waals surface area contributed by atoms with Crippen molar-refractivity contribution in [2.75, 3.05) is 0 Å². The first-order valence-electron chi connectivity index (χ1n) is 4.40. The number of halogens is 3. The molecule has 0 N–H and O–H groups in total. The van der Waals surface area contributed by atoms with Crippen LogP contribution < -0.4 is 0 Å². The maximum atomic E-state index is 12.3. The molecule has 0 unspecified atom stereocenters. The van der Waals surface area contributed by atoms with Gasteiger partial charge in [0.1, 0.15) is 0 Å². The van der Waals surface area contributed by atoms with Crippen molar-refractivity contribution < 1.29 is 27.5 Å². The third-order valence-corrected chi connectivity index (χ3v) is 1.79. The Balaban J connectivity index is 2.96. The largest absolute Gasteiger partial charge is 0.416 e. The van der Waals surface area contributed by atoms with Gasteiger partial charge in [-0.1, -0.05) is 12.6 Å². The van der Waals surface area contributed by atoms with Crippen LogP contribution in [0, 0.1) is 0 Å². The molecule has 0 amide bonds. The summed E-state index contributed by atoms with van der Waals surface area (Å²) in [6, 6.07) is 3.59. The average Bonchev–Trinajstić information content (AvgIpc) is 2.28. The van der Waals surface area contributed by atoms with Crippen molar-refractivity contribution in [1.82, 2.24) is 0 Å². The Bertz CT molecular complexity index is 463. The van der Waals surface area contributed by atoms with Gasteiger partial charge in [0.05, 0.1) is 11.1 Å². The lowest BCUT2D eigenvalue weighted by Gasteiger charge is -2.07. The minimum Gasteiger partial charge on any atom is -0.386 e. The van der Waals surface area contributed by atoms with Crippen molar-refractivity contribution in [1.29, 1.82) is 0 Å². The summed E-state index contributed by atoms with van der Waals surface area (Å²) in [5.41, 5.74) is -1.34. The van der Waals surface area contributed by atoms with Gasteiger partial charge in [0, 0.05) is 6.08 Å². The Morgan fingerprint density at radius 2 is 1.94 bits per heavy atom.